The molecule has 0 bridgehead atoms. The van der Waals surface area contributed by atoms with Crippen LogP contribution in [0.2, 0.25) is 0 Å². The minimum atomic E-state index is 0.164. The van der Waals surface area contributed by atoms with Crippen LogP contribution in [0.25, 0.3) is 0 Å². The second kappa shape index (κ2) is 11.2. The summed E-state index contributed by atoms with van der Waals surface area (Å²) >= 11 is 0. The van der Waals surface area contributed by atoms with Gasteiger partial charge >= 0.3 is 0 Å². The largest absolute Gasteiger partial charge is 0.294 e. The van der Waals surface area contributed by atoms with Gasteiger partial charge in [0.1, 0.15) is 0 Å². The fraction of sp³-hybridized carbons (Fsp3) is 0.600. The van der Waals surface area contributed by atoms with E-state index in [0.29, 0.717) is 24.0 Å². The number of ketones is 2. The van der Waals surface area contributed by atoms with Crippen molar-refractivity contribution in [2.75, 3.05) is 0 Å². The van der Waals surface area contributed by atoms with Crippen LogP contribution in [0.4, 0.5) is 0 Å². The number of Topliss-reactive ketones (excluding diaryl/α,β-unsaturated/α-hetero) is 2. The molecule has 0 unspecified atom stereocenters. The Morgan fingerprint density at radius 2 is 1.18 bits per heavy atom. The molecular weight excluding hydrogens is 272 g/mol. The monoisotopic (exact) mass is 302 g/mol. The van der Waals surface area contributed by atoms with Gasteiger partial charge in [-0.05, 0) is 18.9 Å². The molecule has 0 fully saturated rings. The first-order valence-corrected chi connectivity index (χ1v) is 8.85. The van der Waals surface area contributed by atoms with Crippen LogP contribution in [-0.2, 0) is 0 Å². The molecule has 1 aromatic rings. The molecule has 1 aromatic carbocycles. The highest BCUT2D eigenvalue weighted by molar-refractivity contribution is 6.01. The molecule has 1 rings (SSSR count). The first kappa shape index (κ1) is 18.6. The smallest absolute Gasteiger partial charge is 0.162 e. The van der Waals surface area contributed by atoms with Crippen LogP contribution in [0, 0.1) is 0 Å². The quantitative estimate of drug-likeness (QED) is 0.351. The molecule has 0 N–H and O–H groups in total. The number of rotatable bonds is 12. The van der Waals surface area contributed by atoms with E-state index >= 15 is 0 Å². The van der Waals surface area contributed by atoms with Crippen LogP contribution < -0.4 is 0 Å². The van der Waals surface area contributed by atoms with Crippen molar-refractivity contribution in [3.8, 4) is 0 Å². The summed E-state index contributed by atoms with van der Waals surface area (Å²) in [5, 5.41) is 0. The predicted octanol–water partition coefficient (Wildman–Crippen LogP) is 5.99. The maximum Gasteiger partial charge on any atom is 0.162 e. The number of unbranched alkanes of at least 4 members (excludes halogenated alkanes) is 6. The second-order valence-electron chi connectivity index (χ2n) is 6.05. The zero-order valence-corrected chi connectivity index (χ0v) is 14.2. The summed E-state index contributed by atoms with van der Waals surface area (Å²) in [6.45, 7) is 4.33. The minimum absolute atomic E-state index is 0.164. The number of carbonyl (C=O) groups excluding carboxylic acids is 2. The van der Waals surface area contributed by atoms with Crippen LogP contribution in [0.1, 0.15) is 98.8 Å². The SMILES string of the molecule is CCCCCCC(=O)c1cccc(C(=O)CCCCCC)c1. The van der Waals surface area contributed by atoms with Gasteiger partial charge in [0.25, 0.3) is 0 Å². The van der Waals surface area contributed by atoms with Gasteiger partial charge in [0, 0.05) is 24.0 Å². The predicted molar refractivity (Wildman–Crippen MR) is 92.6 cm³/mol. The third-order valence-electron chi connectivity index (χ3n) is 4.02. The molecule has 0 aromatic heterocycles. The van der Waals surface area contributed by atoms with Crippen molar-refractivity contribution in [2.24, 2.45) is 0 Å². The van der Waals surface area contributed by atoms with Crippen molar-refractivity contribution >= 4 is 11.6 Å². The first-order valence-electron chi connectivity index (χ1n) is 8.85. The standard InChI is InChI=1S/C20H30O2/c1-3-5-7-9-14-19(21)17-12-11-13-18(16-17)20(22)15-10-8-6-4-2/h11-13,16H,3-10,14-15H2,1-2H3. The molecule has 0 saturated carbocycles. The summed E-state index contributed by atoms with van der Waals surface area (Å²) in [6, 6.07) is 7.27. The lowest BCUT2D eigenvalue weighted by atomic mass is 9.98. The van der Waals surface area contributed by atoms with Gasteiger partial charge in [-0.1, -0.05) is 70.6 Å². The Morgan fingerprint density at radius 1 is 0.727 bits per heavy atom. The van der Waals surface area contributed by atoms with Crippen LogP contribution in [-0.4, -0.2) is 11.6 Å². The van der Waals surface area contributed by atoms with E-state index in [-0.39, 0.29) is 11.6 Å². The molecule has 0 atom stereocenters. The minimum Gasteiger partial charge on any atom is -0.294 e. The third-order valence-corrected chi connectivity index (χ3v) is 4.02. The number of carbonyl (C=O) groups is 2. The van der Waals surface area contributed by atoms with Crippen molar-refractivity contribution < 1.29 is 9.59 Å². The summed E-state index contributed by atoms with van der Waals surface area (Å²) < 4.78 is 0. The normalized spacial score (nSPS) is 10.6. The maximum atomic E-state index is 12.2. The lowest BCUT2D eigenvalue weighted by molar-refractivity contribution is 0.0978. The van der Waals surface area contributed by atoms with E-state index in [1.807, 2.05) is 18.2 Å². The molecule has 0 amide bonds. The van der Waals surface area contributed by atoms with E-state index in [1.54, 1.807) is 6.07 Å². The maximum absolute atomic E-state index is 12.2. The molecule has 0 aliphatic carbocycles. The average Bonchev–Trinajstić information content (AvgIpc) is 2.55. The zero-order chi connectivity index (χ0) is 16.2. The Morgan fingerprint density at radius 3 is 1.59 bits per heavy atom. The van der Waals surface area contributed by atoms with E-state index in [4.69, 9.17) is 0 Å². The van der Waals surface area contributed by atoms with Crippen molar-refractivity contribution in [3.63, 3.8) is 0 Å². The molecule has 2 heteroatoms. The van der Waals surface area contributed by atoms with Gasteiger partial charge in [-0.15, -0.1) is 0 Å². The van der Waals surface area contributed by atoms with Gasteiger partial charge in [0.2, 0.25) is 0 Å². The lowest BCUT2D eigenvalue weighted by Crippen LogP contribution is -2.04. The molecule has 22 heavy (non-hydrogen) atoms. The summed E-state index contributed by atoms with van der Waals surface area (Å²) in [4.78, 5) is 24.3. The van der Waals surface area contributed by atoms with Gasteiger partial charge in [-0.25, -0.2) is 0 Å². The van der Waals surface area contributed by atoms with E-state index < -0.39 is 0 Å². The zero-order valence-electron chi connectivity index (χ0n) is 14.2. The molecule has 2 nitrogen and oxygen atoms in total. The van der Waals surface area contributed by atoms with Gasteiger partial charge in [0.15, 0.2) is 11.6 Å². The summed E-state index contributed by atoms with van der Waals surface area (Å²) in [5.41, 5.74) is 1.38. The second-order valence-corrected chi connectivity index (χ2v) is 6.05. The van der Waals surface area contributed by atoms with Crippen molar-refractivity contribution in [2.45, 2.75) is 78.1 Å². The Labute approximate surface area is 135 Å². The van der Waals surface area contributed by atoms with Crippen molar-refractivity contribution in [1.29, 1.82) is 0 Å². The summed E-state index contributed by atoms with van der Waals surface area (Å²) in [5.74, 6) is 0.327. The molecule has 0 aliphatic rings. The van der Waals surface area contributed by atoms with E-state index in [0.717, 1.165) is 25.7 Å². The third kappa shape index (κ3) is 7.02. The Balaban J connectivity index is 2.50. The molecule has 0 aliphatic heterocycles. The highest BCUT2D eigenvalue weighted by Gasteiger charge is 2.10. The number of hydrogen-bond acceptors (Lipinski definition) is 2. The van der Waals surface area contributed by atoms with Crippen molar-refractivity contribution in [1.82, 2.24) is 0 Å². The molecule has 0 spiro atoms. The van der Waals surface area contributed by atoms with E-state index in [9.17, 15) is 9.59 Å². The van der Waals surface area contributed by atoms with E-state index in [2.05, 4.69) is 13.8 Å². The van der Waals surface area contributed by atoms with Gasteiger partial charge in [0.05, 0.1) is 0 Å². The molecule has 0 saturated heterocycles. The Bertz CT molecular complexity index is 423. The molecule has 0 radical (unpaired) electrons. The average molecular weight is 302 g/mol. The molecular formula is C20H30O2. The number of hydrogen-bond donors (Lipinski definition) is 0. The summed E-state index contributed by atoms with van der Waals surface area (Å²) in [7, 11) is 0. The Kier molecular flexibility index (Phi) is 9.45. The van der Waals surface area contributed by atoms with Gasteiger partial charge in [-0.3, -0.25) is 9.59 Å². The van der Waals surface area contributed by atoms with Gasteiger partial charge in [-0.2, -0.15) is 0 Å². The fourth-order valence-electron chi connectivity index (χ4n) is 2.58. The highest BCUT2D eigenvalue weighted by atomic mass is 16.1. The van der Waals surface area contributed by atoms with Crippen LogP contribution >= 0.6 is 0 Å². The van der Waals surface area contributed by atoms with Crippen molar-refractivity contribution in [3.05, 3.63) is 35.4 Å². The van der Waals surface area contributed by atoms with Crippen LogP contribution in [0.3, 0.4) is 0 Å². The van der Waals surface area contributed by atoms with Gasteiger partial charge < -0.3 is 0 Å². The molecule has 122 valence electrons. The topological polar surface area (TPSA) is 34.1 Å². The van der Waals surface area contributed by atoms with Crippen LogP contribution in [0.15, 0.2) is 24.3 Å². The van der Waals surface area contributed by atoms with Crippen LogP contribution in [0.5, 0.6) is 0 Å². The fourth-order valence-corrected chi connectivity index (χ4v) is 2.58. The summed E-state index contributed by atoms with van der Waals surface area (Å²) in [6.07, 6.45) is 10.0. The Hall–Kier alpha value is -1.44. The highest BCUT2D eigenvalue weighted by Crippen LogP contribution is 2.14. The van der Waals surface area contributed by atoms with E-state index in [1.165, 1.54) is 25.7 Å². The molecule has 0 heterocycles. The lowest BCUT2D eigenvalue weighted by Gasteiger charge is -2.05. The number of benzene rings is 1. The first-order chi connectivity index (χ1) is 10.7.